The molecule has 2 heterocycles. The molecule has 7 heteroatoms. The van der Waals surface area contributed by atoms with E-state index in [1.165, 1.54) is 21.2 Å². The molecule has 0 aromatic heterocycles. The zero-order valence-electron chi connectivity index (χ0n) is 12.0. The number of nitrogens with one attached hydrogen (secondary N) is 2. The summed E-state index contributed by atoms with van der Waals surface area (Å²) in [4.78, 5) is 12.4. The molecule has 0 radical (unpaired) electrons. The van der Waals surface area contributed by atoms with Crippen LogP contribution in [-0.4, -0.2) is 43.5 Å². The highest BCUT2D eigenvalue weighted by Gasteiger charge is 2.29. The van der Waals surface area contributed by atoms with Crippen molar-refractivity contribution in [1.29, 1.82) is 0 Å². The van der Waals surface area contributed by atoms with Gasteiger partial charge >= 0.3 is 5.97 Å². The Bertz CT molecular complexity index is 391. The van der Waals surface area contributed by atoms with Gasteiger partial charge in [-0.2, -0.15) is 5.01 Å². The molecule has 2 aliphatic rings. The third-order valence-corrected chi connectivity index (χ3v) is 4.11. The van der Waals surface area contributed by atoms with Crippen LogP contribution in [0.15, 0.2) is 16.4 Å². The third kappa shape index (κ3) is 4.45. The van der Waals surface area contributed by atoms with Gasteiger partial charge in [-0.1, -0.05) is 5.10 Å². The third-order valence-electron chi connectivity index (χ3n) is 4.11. The van der Waals surface area contributed by atoms with Gasteiger partial charge in [-0.05, 0) is 6.92 Å². The van der Waals surface area contributed by atoms with Crippen molar-refractivity contribution < 1.29 is 44.6 Å². The largest absolute Gasteiger partial charge is 1.00 e. The number of carboxylic acid groups (broad SMARTS) is 1. The Kier molecular flexibility index (Phi) is 8.35. The fourth-order valence-corrected chi connectivity index (χ4v) is 2.79. The molecule has 0 amide bonds. The van der Waals surface area contributed by atoms with Crippen LogP contribution in [0.4, 0.5) is 0 Å². The summed E-state index contributed by atoms with van der Waals surface area (Å²) in [6.45, 7) is 8.18. The van der Waals surface area contributed by atoms with Gasteiger partial charge in [-0.25, -0.2) is 0 Å². The number of allylic oxidation sites excluding steroid dienone is 1. The normalized spacial score (nSPS) is 28.8. The molecule has 2 aliphatic heterocycles. The Balaban J connectivity index is 0.00000180. The number of piperidine rings is 1. The van der Waals surface area contributed by atoms with Crippen LogP contribution in [0, 0.1) is 5.92 Å². The molecular formula is C13H23Cl2N3O2. The summed E-state index contributed by atoms with van der Waals surface area (Å²) in [5.41, 5.74) is 2.65. The number of carboxylic acids is 1. The lowest BCUT2D eigenvalue weighted by atomic mass is 9.97. The molecule has 0 aromatic rings. The summed E-state index contributed by atoms with van der Waals surface area (Å²) in [5.74, 6) is -0.757. The van der Waals surface area contributed by atoms with Gasteiger partial charge in [0.25, 0.3) is 0 Å². The Morgan fingerprint density at radius 3 is 2.45 bits per heavy atom. The number of nitrogens with zero attached hydrogens (tertiary/aromatic N) is 1. The number of hydrogen-bond acceptors (Lipinski definition) is 2. The molecule has 0 spiro atoms. The first kappa shape index (κ1) is 19.4. The fourth-order valence-electron chi connectivity index (χ4n) is 2.79. The molecule has 5 nitrogen and oxygen atoms in total. The van der Waals surface area contributed by atoms with Crippen LogP contribution in [0.5, 0.6) is 0 Å². The number of aliphatic carboxylic acids is 1. The molecule has 0 saturated carbocycles. The van der Waals surface area contributed by atoms with Crippen molar-refractivity contribution >= 4 is 12.2 Å². The lowest BCUT2D eigenvalue weighted by molar-refractivity contribution is -0.902. The SMILES string of the molecule is CC[NH+]1N=CC(C[NH+]2CCC(C(=O)O)CC2)=C1C.[Cl-].[Cl-]. The summed E-state index contributed by atoms with van der Waals surface area (Å²) in [6, 6.07) is 0. The van der Waals surface area contributed by atoms with E-state index >= 15 is 0 Å². The van der Waals surface area contributed by atoms with E-state index in [1.807, 2.05) is 6.21 Å². The van der Waals surface area contributed by atoms with E-state index in [0.717, 1.165) is 39.0 Å². The van der Waals surface area contributed by atoms with Crippen molar-refractivity contribution in [2.75, 3.05) is 26.2 Å². The van der Waals surface area contributed by atoms with Crippen LogP contribution in [-0.2, 0) is 4.79 Å². The van der Waals surface area contributed by atoms with E-state index in [0.29, 0.717) is 0 Å². The average molecular weight is 324 g/mol. The van der Waals surface area contributed by atoms with Crippen molar-refractivity contribution in [2.24, 2.45) is 11.0 Å². The van der Waals surface area contributed by atoms with E-state index in [9.17, 15) is 4.79 Å². The van der Waals surface area contributed by atoms with Gasteiger partial charge in [0, 0.05) is 19.8 Å². The molecule has 1 fully saturated rings. The van der Waals surface area contributed by atoms with Crippen molar-refractivity contribution in [2.45, 2.75) is 26.7 Å². The predicted octanol–water partition coefficient (Wildman–Crippen LogP) is -7.45. The Labute approximate surface area is 132 Å². The minimum atomic E-state index is -0.631. The standard InChI is InChI=1S/C13H21N3O2.2ClH/c1-3-16-10(2)12(8-14-16)9-15-6-4-11(5-7-15)13(17)18;;/h8,11H,3-7,9H2,1-2H3,(H,17,18);2*1H. The van der Waals surface area contributed by atoms with E-state index in [4.69, 9.17) is 5.11 Å². The van der Waals surface area contributed by atoms with Crippen LogP contribution < -0.4 is 34.7 Å². The fraction of sp³-hybridized carbons (Fsp3) is 0.692. The summed E-state index contributed by atoms with van der Waals surface area (Å²) in [5, 5.41) is 14.6. The zero-order valence-corrected chi connectivity index (χ0v) is 13.5. The van der Waals surface area contributed by atoms with Crippen LogP contribution in [0.2, 0.25) is 0 Å². The highest BCUT2D eigenvalue weighted by molar-refractivity contribution is 5.79. The van der Waals surface area contributed by atoms with Crippen molar-refractivity contribution in [1.82, 2.24) is 0 Å². The number of hydrogen-bond donors (Lipinski definition) is 3. The van der Waals surface area contributed by atoms with Crippen LogP contribution in [0.1, 0.15) is 26.7 Å². The minimum absolute atomic E-state index is 0. The first-order valence-electron chi connectivity index (χ1n) is 6.78. The molecule has 1 atom stereocenters. The molecule has 0 aliphatic carbocycles. The second kappa shape index (κ2) is 8.62. The topological polar surface area (TPSA) is 58.5 Å². The molecule has 116 valence electrons. The maximum Gasteiger partial charge on any atom is 0.306 e. The maximum absolute atomic E-state index is 10.9. The van der Waals surface area contributed by atoms with Crippen molar-refractivity contribution in [3.63, 3.8) is 0 Å². The van der Waals surface area contributed by atoms with Gasteiger partial charge in [0.15, 0.2) is 0 Å². The van der Waals surface area contributed by atoms with Gasteiger partial charge < -0.3 is 34.8 Å². The quantitative estimate of drug-likeness (QED) is 0.481. The monoisotopic (exact) mass is 323 g/mol. The summed E-state index contributed by atoms with van der Waals surface area (Å²) < 4.78 is 0. The summed E-state index contributed by atoms with van der Waals surface area (Å²) >= 11 is 0. The van der Waals surface area contributed by atoms with Crippen molar-refractivity contribution in [3.05, 3.63) is 11.3 Å². The first-order valence-corrected chi connectivity index (χ1v) is 6.78. The molecular weight excluding hydrogens is 301 g/mol. The molecule has 2 rings (SSSR count). The van der Waals surface area contributed by atoms with Crippen molar-refractivity contribution in [3.8, 4) is 0 Å². The molecule has 20 heavy (non-hydrogen) atoms. The van der Waals surface area contributed by atoms with Crippen LogP contribution in [0.25, 0.3) is 0 Å². The highest BCUT2D eigenvalue weighted by atomic mass is 35.5. The number of likely N-dealkylation sites (tertiary alicyclic amines) is 1. The van der Waals surface area contributed by atoms with Crippen LogP contribution in [0.3, 0.4) is 0 Å². The summed E-state index contributed by atoms with van der Waals surface area (Å²) in [6.07, 6.45) is 3.60. The van der Waals surface area contributed by atoms with Gasteiger partial charge in [0.05, 0.1) is 30.8 Å². The highest BCUT2D eigenvalue weighted by Crippen LogP contribution is 2.09. The first-order chi connectivity index (χ1) is 8.61. The van der Waals surface area contributed by atoms with Gasteiger partial charge in [-0.15, -0.1) is 0 Å². The second-order valence-corrected chi connectivity index (χ2v) is 5.25. The maximum atomic E-state index is 10.9. The minimum Gasteiger partial charge on any atom is -1.00 e. The average Bonchev–Trinajstić information content (AvgIpc) is 2.71. The lowest BCUT2D eigenvalue weighted by Crippen LogP contribution is -3.13. The Morgan fingerprint density at radius 2 is 2.00 bits per heavy atom. The van der Waals surface area contributed by atoms with Crippen LogP contribution >= 0.6 is 0 Å². The van der Waals surface area contributed by atoms with Gasteiger partial charge in [0.1, 0.15) is 18.8 Å². The number of halogens is 2. The molecule has 1 saturated heterocycles. The smallest absolute Gasteiger partial charge is 0.306 e. The lowest BCUT2D eigenvalue weighted by Gasteiger charge is -2.27. The van der Waals surface area contributed by atoms with E-state index in [2.05, 4.69) is 18.9 Å². The zero-order chi connectivity index (χ0) is 13.1. The number of rotatable bonds is 4. The van der Waals surface area contributed by atoms with E-state index in [1.54, 1.807) is 0 Å². The predicted molar refractivity (Wildman–Crippen MR) is 68.6 cm³/mol. The number of quaternary nitrogens is 2. The second-order valence-electron chi connectivity index (χ2n) is 5.25. The van der Waals surface area contributed by atoms with Gasteiger partial charge in [0.2, 0.25) is 0 Å². The molecule has 1 unspecified atom stereocenters. The number of carbonyl (C=O) groups is 1. The van der Waals surface area contributed by atoms with E-state index < -0.39 is 5.97 Å². The molecule has 0 aromatic carbocycles. The van der Waals surface area contributed by atoms with E-state index in [-0.39, 0.29) is 30.7 Å². The Morgan fingerprint density at radius 1 is 1.40 bits per heavy atom. The molecule has 0 bridgehead atoms. The molecule has 3 N–H and O–H groups in total. The Hall–Kier alpha value is -0.620. The van der Waals surface area contributed by atoms with Gasteiger partial charge in [-0.3, -0.25) is 4.79 Å². The summed E-state index contributed by atoms with van der Waals surface area (Å²) in [7, 11) is 0.